The van der Waals surface area contributed by atoms with Crippen molar-refractivity contribution in [2.24, 2.45) is 0 Å². The molecule has 0 aromatic heterocycles. The Balaban J connectivity index is 2.32. The summed E-state index contributed by atoms with van der Waals surface area (Å²) in [5.41, 5.74) is 5.67. The van der Waals surface area contributed by atoms with Crippen LogP contribution in [0.3, 0.4) is 0 Å². The van der Waals surface area contributed by atoms with Gasteiger partial charge in [0.05, 0.1) is 0 Å². The zero-order chi connectivity index (χ0) is 15.0. The number of benzene rings is 1. The smallest absolute Gasteiger partial charge is 0.0294 e. The zero-order valence-corrected chi connectivity index (χ0v) is 14.2. The van der Waals surface area contributed by atoms with Gasteiger partial charge in [0.15, 0.2) is 0 Å². The minimum Gasteiger partial charge on any atom is -0.310 e. The van der Waals surface area contributed by atoms with Crippen LogP contribution in [-0.2, 0) is 0 Å². The first-order chi connectivity index (χ1) is 9.56. The topological polar surface area (TPSA) is 12.0 Å². The van der Waals surface area contributed by atoms with Gasteiger partial charge in [0, 0.05) is 6.04 Å². The highest BCUT2D eigenvalue weighted by atomic mass is 14.9. The van der Waals surface area contributed by atoms with E-state index in [-0.39, 0.29) is 0 Å². The van der Waals surface area contributed by atoms with Crippen molar-refractivity contribution in [2.75, 3.05) is 6.54 Å². The molecule has 0 spiro atoms. The minimum absolute atomic E-state index is 0.463. The molecule has 0 saturated carbocycles. The third-order valence-electron chi connectivity index (χ3n) is 4.33. The van der Waals surface area contributed by atoms with Crippen LogP contribution >= 0.6 is 0 Å². The lowest BCUT2D eigenvalue weighted by molar-refractivity contribution is 0.526. The Morgan fingerprint density at radius 1 is 0.850 bits per heavy atom. The first-order valence-electron chi connectivity index (χ1n) is 8.37. The molecule has 0 aliphatic rings. The lowest BCUT2D eigenvalue weighted by Crippen LogP contribution is -2.20. The highest BCUT2D eigenvalue weighted by Crippen LogP contribution is 2.21. The van der Waals surface area contributed by atoms with E-state index >= 15 is 0 Å². The zero-order valence-electron chi connectivity index (χ0n) is 14.2. The van der Waals surface area contributed by atoms with E-state index in [9.17, 15) is 0 Å². The first-order valence-corrected chi connectivity index (χ1v) is 8.37. The molecule has 0 amide bonds. The minimum atomic E-state index is 0.463. The van der Waals surface area contributed by atoms with E-state index in [0.717, 1.165) is 6.54 Å². The highest BCUT2D eigenvalue weighted by molar-refractivity contribution is 5.37. The normalized spacial score (nSPS) is 12.7. The third kappa shape index (κ3) is 5.66. The van der Waals surface area contributed by atoms with Crippen LogP contribution in [0.25, 0.3) is 0 Å². The molecule has 0 fully saturated rings. The Hall–Kier alpha value is -0.820. The quantitative estimate of drug-likeness (QED) is 0.576. The Kier molecular flexibility index (Phi) is 7.91. The summed E-state index contributed by atoms with van der Waals surface area (Å²) in [4.78, 5) is 0. The second kappa shape index (κ2) is 9.18. The molecule has 1 nitrogen and oxygen atoms in total. The number of unbranched alkanes of at least 4 members (excludes halogenated alkanes) is 5. The number of nitrogens with one attached hydrogen (secondary N) is 1. The van der Waals surface area contributed by atoms with Gasteiger partial charge in [-0.25, -0.2) is 0 Å². The third-order valence-corrected chi connectivity index (χ3v) is 4.33. The number of hydrogen-bond donors (Lipinski definition) is 1. The van der Waals surface area contributed by atoms with E-state index in [1.165, 1.54) is 60.8 Å². The van der Waals surface area contributed by atoms with Crippen molar-refractivity contribution < 1.29 is 0 Å². The molecule has 1 heteroatoms. The molecule has 1 rings (SSSR count). The fourth-order valence-corrected chi connectivity index (χ4v) is 2.78. The van der Waals surface area contributed by atoms with Crippen LogP contribution in [-0.4, -0.2) is 6.54 Å². The molecule has 0 heterocycles. The fraction of sp³-hybridized carbons (Fsp3) is 0.684. The van der Waals surface area contributed by atoms with Crippen LogP contribution in [0.4, 0.5) is 0 Å². The number of aryl methyl sites for hydroxylation is 3. The van der Waals surface area contributed by atoms with Crippen molar-refractivity contribution in [1.29, 1.82) is 0 Å². The van der Waals surface area contributed by atoms with Crippen LogP contribution < -0.4 is 5.32 Å². The Bertz CT molecular complexity index is 395. The van der Waals surface area contributed by atoms with Gasteiger partial charge < -0.3 is 5.32 Å². The van der Waals surface area contributed by atoms with Crippen LogP contribution in [0.1, 0.15) is 80.7 Å². The SMILES string of the molecule is CCCCCCCCNC(C)c1cc(C)c(C)cc1C. The lowest BCUT2D eigenvalue weighted by atomic mass is 9.96. The van der Waals surface area contributed by atoms with Crippen molar-refractivity contribution in [2.45, 2.75) is 79.2 Å². The van der Waals surface area contributed by atoms with E-state index in [4.69, 9.17) is 0 Å². The molecule has 114 valence electrons. The molecule has 0 aliphatic carbocycles. The molecule has 0 saturated heterocycles. The van der Waals surface area contributed by atoms with Gasteiger partial charge in [-0.05, 0) is 62.9 Å². The summed E-state index contributed by atoms with van der Waals surface area (Å²) in [5, 5.41) is 3.68. The molecule has 20 heavy (non-hydrogen) atoms. The Labute approximate surface area is 126 Å². The monoisotopic (exact) mass is 275 g/mol. The molecule has 1 unspecified atom stereocenters. The molecule has 0 bridgehead atoms. The van der Waals surface area contributed by atoms with Crippen LogP contribution in [0.5, 0.6) is 0 Å². The Morgan fingerprint density at radius 2 is 1.45 bits per heavy atom. The second-order valence-corrected chi connectivity index (χ2v) is 6.24. The summed E-state index contributed by atoms with van der Waals surface area (Å²) in [6.45, 7) is 12.3. The van der Waals surface area contributed by atoms with E-state index in [2.05, 4.69) is 52.1 Å². The van der Waals surface area contributed by atoms with Gasteiger partial charge in [-0.3, -0.25) is 0 Å². The Morgan fingerprint density at radius 3 is 2.15 bits per heavy atom. The van der Waals surface area contributed by atoms with Crippen LogP contribution in [0.15, 0.2) is 12.1 Å². The summed E-state index contributed by atoms with van der Waals surface area (Å²) >= 11 is 0. The van der Waals surface area contributed by atoms with Crippen LogP contribution in [0.2, 0.25) is 0 Å². The van der Waals surface area contributed by atoms with Gasteiger partial charge in [0.1, 0.15) is 0 Å². The van der Waals surface area contributed by atoms with Crippen molar-refractivity contribution in [1.82, 2.24) is 5.32 Å². The molecule has 1 atom stereocenters. The average molecular weight is 275 g/mol. The van der Waals surface area contributed by atoms with Gasteiger partial charge >= 0.3 is 0 Å². The number of rotatable bonds is 9. The van der Waals surface area contributed by atoms with E-state index < -0.39 is 0 Å². The molecular formula is C19H33N. The molecule has 1 aromatic rings. The van der Waals surface area contributed by atoms with Crippen molar-refractivity contribution >= 4 is 0 Å². The maximum absolute atomic E-state index is 3.68. The summed E-state index contributed by atoms with van der Waals surface area (Å²) < 4.78 is 0. The predicted molar refractivity (Wildman–Crippen MR) is 90.4 cm³/mol. The number of hydrogen-bond acceptors (Lipinski definition) is 1. The largest absolute Gasteiger partial charge is 0.310 e. The summed E-state index contributed by atoms with van der Waals surface area (Å²) in [6.07, 6.45) is 8.20. The average Bonchev–Trinajstić information content (AvgIpc) is 2.41. The first kappa shape index (κ1) is 17.2. The van der Waals surface area contributed by atoms with E-state index in [0.29, 0.717) is 6.04 Å². The molecular weight excluding hydrogens is 242 g/mol. The molecule has 0 radical (unpaired) electrons. The highest BCUT2D eigenvalue weighted by Gasteiger charge is 2.09. The van der Waals surface area contributed by atoms with Gasteiger partial charge in [-0.1, -0.05) is 51.2 Å². The molecule has 1 aromatic carbocycles. The van der Waals surface area contributed by atoms with Gasteiger partial charge in [0.2, 0.25) is 0 Å². The maximum Gasteiger partial charge on any atom is 0.0294 e. The lowest BCUT2D eigenvalue weighted by Gasteiger charge is -2.18. The molecule has 1 N–H and O–H groups in total. The van der Waals surface area contributed by atoms with Crippen LogP contribution in [0, 0.1) is 20.8 Å². The summed E-state index contributed by atoms with van der Waals surface area (Å²) in [7, 11) is 0. The fourth-order valence-electron chi connectivity index (χ4n) is 2.78. The van der Waals surface area contributed by atoms with Gasteiger partial charge in [-0.15, -0.1) is 0 Å². The molecule has 0 aliphatic heterocycles. The summed E-state index contributed by atoms with van der Waals surface area (Å²) in [6, 6.07) is 5.13. The predicted octanol–water partition coefficient (Wildman–Crippen LogP) is 5.62. The van der Waals surface area contributed by atoms with Crippen molar-refractivity contribution in [3.63, 3.8) is 0 Å². The standard InChI is InChI=1S/C19H33N/c1-6-7-8-9-10-11-12-20-18(5)19-14-16(3)15(2)13-17(19)4/h13-14,18,20H,6-12H2,1-5H3. The van der Waals surface area contributed by atoms with Gasteiger partial charge in [0.25, 0.3) is 0 Å². The summed E-state index contributed by atoms with van der Waals surface area (Å²) in [5.74, 6) is 0. The maximum atomic E-state index is 3.68. The van der Waals surface area contributed by atoms with Crippen molar-refractivity contribution in [3.05, 3.63) is 34.4 Å². The second-order valence-electron chi connectivity index (χ2n) is 6.24. The van der Waals surface area contributed by atoms with E-state index in [1.54, 1.807) is 0 Å². The van der Waals surface area contributed by atoms with Gasteiger partial charge in [-0.2, -0.15) is 0 Å². The van der Waals surface area contributed by atoms with E-state index in [1.807, 2.05) is 0 Å². The van der Waals surface area contributed by atoms with Crippen molar-refractivity contribution in [3.8, 4) is 0 Å².